The van der Waals surface area contributed by atoms with Crippen molar-refractivity contribution in [2.75, 3.05) is 19.6 Å². The van der Waals surface area contributed by atoms with Gasteiger partial charge in [0, 0.05) is 6.54 Å². The lowest BCUT2D eigenvalue weighted by molar-refractivity contribution is 0.364. The molecule has 0 aliphatic carbocycles. The van der Waals surface area contributed by atoms with Gasteiger partial charge in [0.25, 0.3) is 0 Å². The molecule has 1 radical (unpaired) electrons. The molecular formula is C6H12N. The van der Waals surface area contributed by atoms with Crippen LogP contribution in [0.4, 0.5) is 0 Å². The maximum Gasteiger partial charge on any atom is 0.00132 e. The standard InChI is InChI=1S/C6H12N/c1-2-7-5-3-4-6-7/h3H,2,4-6H2,1H3. The van der Waals surface area contributed by atoms with Crippen LogP contribution in [0.5, 0.6) is 0 Å². The first kappa shape index (κ1) is 5.10. The van der Waals surface area contributed by atoms with Crippen molar-refractivity contribution < 1.29 is 0 Å². The van der Waals surface area contributed by atoms with E-state index in [0.717, 1.165) is 0 Å². The molecule has 0 atom stereocenters. The highest BCUT2D eigenvalue weighted by atomic mass is 15.1. The lowest BCUT2D eigenvalue weighted by atomic mass is 10.4. The molecule has 1 saturated heterocycles. The highest BCUT2D eigenvalue weighted by molar-refractivity contribution is 4.79. The summed E-state index contributed by atoms with van der Waals surface area (Å²) in [6.07, 6.45) is 3.64. The van der Waals surface area contributed by atoms with Crippen LogP contribution in [0, 0.1) is 6.42 Å². The van der Waals surface area contributed by atoms with Gasteiger partial charge in [-0.15, -0.1) is 0 Å². The van der Waals surface area contributed by atoms with E-state index in [1.54, 1.807) is 0 Å². The Hall–Kier alpha value is -0.0400. The minimum absolute atomic E-state index is 1.22. The molecular weight excluding hydrogens is 86.1 g/mol. The molecule has 0 aromatic heterocycles. The predicted octanol–water partition coefficient (Wildman–Crippen LogP) is 0.916. The molecule has 41 valence electrons. The second kappa shape index (κ2) is 2.31. The summed E-state index contributed by atoms with van der Waals surface area (Å²) in [5, 5.41) is 0. The van der Waals surface area contributed by atoms with Crippen molar-refractivity contribution in [2.24, 2.45) is 0 Å². The predicted molar refractivity (Wildman–Crippen MR) is 31.0 cm³/mol. The molecule has 1 fully saturated rings. The number of nitrogens with zero attached hydrogens (tertiary/aromatic N) is 1. The Morgan fingerprint density at radius 2 is 2.57 bits per heavy atom. The van der Waals surface area contributed by atoms with Crippen molar-refractivity contribution in [1.29, 1.82) is 0 Å². The van der Waals surface area contributed by atoms with E-state index in [-0.39, 0.29) is 0 Å². The first-order valence-electron chi connectivity index (χ1n) is 2.97. The summed E-state index contributed by atoms with van der Waals surface area (Å²) in [6, 6.07) is 0. The molecule has 0 unspecified atom stereocenters. The molecule has 0 aromatic rings. The molecule has 0 saturated carbocycles. The summed E-state index contributed by atoms with van der Waals surface area (Å²) in [7, 11) is 0. The minimum atomic E-state index is 1.22. The summed E-state index contributed by atoms with van der Waals surface area (Å²) in [5.41, 5.74) is 0. The van der Waals surface area contributed by atoms with Gasteiger partial charge in [0.2, 0.25) is 0 Å². The quantitative estimate of drug-likeness (QED) is 0.471. The van der Waals surface area contributed by atoms with Crippen LogP contribution in [-0.4, -0.2) is 24.5 Å². The largest absolute Gasteiger partial charge is 0.303 e. The van der Waals surface area contributed by atoms with Gasteiger partial charge in [-0.25, -0.2) is 0 Å². The molecule has 0 spiro atoms. The lowest BCUT2D eigenvalue weighted by Gasteiger charge is -2.08. The molecule has 0 N–H and O–H groups in total. The first-order chi connectivity index (χ1) is 3.43. The highest BCUT2D eigenvalue weighted by Crippen LogP contribution is 2.03. The molecule has 1 heteroatoms. The van der Waals surface area contributed by atoms with E-state index >= 15 is 0 Å². The normalized spacial score (nSPS) is 23.6. The zero-order chi connectivity index (χ0) is 5.11. The van der Waals surface area contributed by atoms with Crippen LogP contribution >= 0.6 is 0 Å². The highest BCUT2D eigenvalue weighted by Gasteiger charge is 2.07. The van der Waals surface area contributed by atoms with Crippen molar-refractivity contribution in [1.82, 2.24) is 4.90 Å². The van der Waals surface area contributed by atoms with Crippen molar-refractivity contribution in [3.8, 4) is 0 Å². The first-order valence-corrected chi connectivity index (χ1v) is 2.97. The molecule has 1 aliphatic rings. The Labute approximate surface area is 45.3 Å². The van der Waals surface area contributed by atoms with Crippen molar-refractivity contribution in [3.63, 3.8) is 0 Å². The number of hydrogen-bond donors (Lipinski definition) is 0. The van der Waals surface area contributed by atoms with Gasteiger partial charge in [0.1, 0.15) is 0 Å². The van der Waals surface area contributed by atoms with Crippen molar-refractivity contribution in [2.45, 2.75) is 13.3 Å². The Bertz CT molecular complexity index is 46.1. The zero-order valence-corrected chi connectivity index (χ0v) is 4.85. The van der Waals surface area contributed by atoms with Crippen LogP contribution < -0.4 is 0 Å². The molecule has 1 nitrogen and oxygen atoms in total. The maximum atomic E-state index is 2.43. The molecule has 7 heavy (non-hydrogen) atoms. The number of rotatable bonds is 1. The third-order valence-corrected chi connectivity index (χ3v) is 1.48. The fraction of sp³-hybridized carbons (Fsp3) is 0.833. The van der Waals surface area contributed by atoms with E-state index in [0.29, 0.717) is 0 Å². The molecule has 1 aliphatic heterocycles. The average Bonchev–Trinajstić information content (AvgIpc) is 2.14. The molecule has 1 rings (SSSR count). The van der Waals surface area contributed by atoms with Crippen LogP contribution in [0.25, 0.3) is 0 Å². The van der Waals surface area contributed by atoms with Gasteiger partial charge >= 0.3 is 0 Å². The Morgan fingerprint density at radius 1 is 1.71 bits per heavy atom. The molecule has 0 bridgehead atoms. The number of hydrogen-bond acceptors (Lipinski definition) is 1. The smallest absolute Gasteiger partial charge is 0.00132 e. The SMILES string of the molecule is CCN1C[CH]CC1. The third kappa shape index (κ3) is 1.16. The van der Waals surface area contributed by atoms with Crippen LogP contribution in [0.3, 0.4) is 0 Å². The number of likely N-dealkylation sites (tertiary alicyclic amines) is 1. The van der Waals surface area contributed by atoms with Gasteiger partial charge in [0.05, 0.1) is 0 Å². The van der Waals surface area contributed by atoms with Crippen molar-refractivity contribution >= 4 is 0 Å². The van der Waals surface area contributed by atoms with Crippen molar-refractivity contribution in [3.05, 3.63) is 6.42 Å². The van der Waals surface area contributed by atoms with E-state index in [1.807, 2.05) is 0 Å². The van der Waals surface area contributed by atoms with E-state index < -0.39 is 0 Å². The minimum Gasteiger partial charge on any atom is -0.303 e. The Kier molecular flexibility index (Phi) is 1.69. The summed E-state index contributed by atoms with van der Waals surface area (Å²) in [6.45, 7) is 5.93. The Balaban J connectivity index is 2.14. The topological polar surface area (TPSA) is 3.24 Å². The zero-order valence-electron chi connectivity index (χ0n) is 4.85. The van der Waals surface area contributed by atoms with E-state index in [4.69, 9.17) is 0 Å². The summed E-state index contributed by atoms with van der Waals surface area (Å²) in [5.74, 6) is 0. The second-order valence-electron chi connectivity index (χ2n) is 1.97. The lowest BCUT2D eigenvalue weighted by Crippen LogP contribution is -2.17. The van der Waals surface area contributed by atoms with E-state index in [2.05, 4.69) is 18.2 Å². The maximum absolute atomic E-state index is 2.43. The van der Waals surface area contributed by atoms with Gasteiger partial charge < -0.3 is 4.90 Å². The van der Waals surface area contributed by atoms with Gasteiger partial charge in [0.15, 0.2) is 0 Å². The van der Waals surface area contributed by atoms with E-state index in [1.165, 1.54) is 26.1 Å². The summed E-state index contributed by atoms with van der Waals surface area (Å²) >= 11 is 0. The van der Waals surface area contributed by atoms with Crippen LogP contribution in [0.2, 0.25) is 0 Å². The van der Waals surface area contributed by atoms with E-state index in [9.17, 15) is 0 Å². The molecule has 0 aromatic carbocycles. The monoisotopic (exact) mass is 98.1 g/mol. The van der Waals surface area contributed by atoms with Crippen LogP contribution in [0.1, 0.15) is 13.3 Å². The average molecular weight is 98.2 g/mol. The van der Waals surface area contributed by atoms with Gasteiger partial charge in [-0.05, 0) is 25.9 Å². The van der Waals surface area contributed by atoms with Gasteiger partial charge in [-0.2, -0.15) is 0 Å². The fourth-order valence-electron chi connectivity index (χ4n) is 0.926. The van der Waals surface area contributed by atoms with Crippen LogP contribution in [0.15, 0.2) is 0 Å². The van der Waals surface area contributed by atoms with Gasteiger partial charge in [-0.1, -0.05) is 6.92 Å². The Morgan fingerprint density at radius 3 is 2.86 bits per heavy atom. The molecule has 0 amide bonds. The van der Waals surface area contributed by atoms with Crippen LogP contribution in [-0.2, 0) is 0 Å². The second-order valence-corrected chi connectivity index (χ2v) is 1.97. The fourth-order valence-corrected chi connectivity index (χ4v) is 0.926. The summed E-state index contributed by atoms with van der Waals surface area (Å²) < 4.78 is 0. The van der Waals surface area contributed by atoms with Gasteiger partial charge in [-0.3, -0.25) is 0 Å². The summed E-state index contributed by atoms with van der Waals surface area (Å²) in [4.78, 5) is 2.43. The third-order valence-electron chi connectivity index (χ3n) is 1.48. The molecule has 1 heterocycles.